The number of rotatable bonds is 6. The summed E-state index contributed by atoms with van der Waals surface area (Å²) in [7, 11) is 0. The van der Waals surface area contributed by atoms with Crippen molar-refractivity contribution in [3.63, 3.8) is 0 Å². The predicted molar refractivity (Wildman–Crippen MR) is 138 cm³/mol. The molecule has 0 bridgehead atoms. The fourth-order valence-electron chi connectivity index (χ4n) is 6.28. The summed E-state index contributed by atoms with van der Waals surface area (Å²) < 4.78 is 0. The van der Waals surface area contributed by atoms with Gasteiger partial charge in [-0.1, -0.05) is 48.9 Å². The first-order valence-corrected chi connectivity index (χ1v) is 13.4. The number of likely N-dealkylation sites (tertiary alicyclic amines) is 1. The number of carboxylic acid groups (broad SMARTS) is 1. The highest BCUT2D eigenvalue weighted by atomic mass is 16.4. The van der Waals surface area contributed by atoms with E-state index in [0.29, 0.717) is 19.4 Å². The molecule has 2 fully saturated rings. The third-order valence-corrected chi connectivity index (χ3v) is 8.57. The van der Waals surface area contributed by atoms with Crippen LogP contribution >= 0.6 is 0 Å². The van der Waals surface area contributed by atoms with E-state index in [4.69, 9.17) is 0 Å². The number of nitrogens with zero attached hydrogens (tertiary/aromatic N) is 2. The molecule has 35 heavy (non-hydrogen) atoms. The summed E-state index contributed by atoms with van der Waals surface area (Å²) in [5.74, 6) is -1.12. The van der Waals surface area contributed by atoms with Crippen LogP contribution in [0.1, 0.15) is 62.1 Å². The summed E-state index contributed by atoms with van der Waals surface area (Å²) in [5, 5.41) is 9.37. The van der Waals surface area contributed by atoms with E-state index in [1.165, 1.54) is 47.2 Å². The molecular formula is C30H38N2O3. The lowest BCUT2D eigenvalue weighted by molar-refractivity contribution is -0.145. The Morgan fingerprint density at radius 2 is 1.69 bits per heavy atom. The van der Waals surface area contributed by atoms with Gasteiger partial charge in [0.05, 0.1) is 5.92 Å². The Labute approximate surface area is 209 Å². The lowest BCUT2D eigenvalue weighted by Crippen LogP contribution is -2.41. The highest BCUT2D eigenvalue weighted by Crippen LogP contribution is 2.33. The number of benzene rings is 2. The molecule has 2 aliphatic heterocycles. The number of hydrogen-bond acceptors (Lipinski definition) is 3. The molecule has 0 aromatic heterocycles. The van der Waals surface area contributed by atoms with Crippen LogP contribution in [0.15, 0.2) is 42.5 Å². The number of carboxylic acids is 1. The first kappa shape index (κ1) is 24.1. The van der Waals surface area contributed by atoms with Gasteiger partial charge >= 0.3 is 5.97 Å². The Balaban J connectivity index is 1.20. The Kier molecular flexibility index (Phi) is 7.24. The van der Waals surface area contributed by atoms with Crippen LogP contribution in [0, 0.1) is 11.8 Å². The van der Waals surface area contributed by atoms with Gasteiger partial charge in [0.1, 0.15) is 0 Å². The van der Waals surface area contributed by atoms with Gasteiger partial charge in [0.15, 0.2) is 0 Å². The number of carbonyl (C=O) groups is 2. The maximum Gasteiger partial charge on any atom is 0.306 e. The molecule has 5 nitrogen and oxygen atoms in total. The van der Waals surface area contributed by atoms with Crippen LogP contribution in [-0.2, 0) is 29.0 Å². The van der Waals surface area contributed by atoms with Gasteiger partial charge < -0.3 is 14.9 Å². The molecule has 1 amide bonds. The summed E-state index contributed by atoms with van der Waals surface area (Å²) >= 11 is 0. The van der Waals surface area contributed by atoms with Gasteiger partial charge in [-0.25, -0.2) is 0 Å². The van der Waals surface area contributed by atoms with E-state index < -0.39 is 5.97 Å². The van der Waals surface area contributed by atoms with Gasteiger partial charge in [0.25, 0.3) is 0 Å². The van der Waals surface area contributed by atoms with E-state index in [2.05, 4.69) is 54.3 Å². The first-order chi connectivity index (χ1) is 17.0. The van der Waals surface area contributed by atoms with Crippen LogP contribution in [-0.4, -0.2) is 52.5 Å². The summed E-state index contributed by atoms with van der Waals surface area (Å²) in [4.78, 5) is 29.1. The largest absolute Gasteiger partial charge is 0.481 e. The smallest absolute Gasteiger partial charge is 0.306 e. The van der Waals surface area contributed by atoms with Crippen LogP contribution in [0.4, 0.5) is 0 Å². The van der Waals surface area contributed by atoms with Crippen LogP contribution < -0.4 is 0 Å². The molecule has 2 aromatic rings. The molecular weight excluding hydrogens is 436 g/mol. The van der Waals surface area contributed by atoms with Crippen molar-refractivity contribution in [1.29, 1.82) is 0 Å². The number of fused-ring (bicyclic) bond motifs is 1. The molecule has 1 saturated carbocycles. The molecule has 3 atom stereocenters. The van der Waals surface area contributed by atoms with E-state index in [-0.39, 0.29) is 17.7 Å². The molecule has 0 radical (unpaired) electrons. The van der Waals surface area contributed by atoms with Gasteiger partial charge in [-0.2, -0.15) is 0 Å². The molecule has 2 aromatic carbocycles. The third kappa shape index (κ3) is 5.45. The molecule has 1 saturated heterocycles. The zero-order chi connectivity index (χ0) is 24.4. The molecule has 0 spiro atoms. The quantitative estimate of drug-likeness (QED) is 0.629. The van der Waals surface area contributed by atoms with Gasteiger partial charge in [0.2, 0.25) is 5.91 Å². The molecule has 3 aliphatic rings. The predicted octanol–water partition coefficient (Wildman–Crippen LogP) is 5.16. The van der Waals surface area contributed by atoms with Crippen LogP contribution in [0.2, 0.25) is 0 Å². The van der Waals surface area contributed by atoms with E-state index in [9.17, 15) is 14.7 Å². The van der Waals surface area contributed by atoms with Crippen molar-refractivity contribution in [3.05, 3.63) is 59.2 Å². The molecule has 1 aliphatic carbocycles. The molecule has 2 unspecified atom stereocenters. The fraction of sp³-hybridized carbons (Fsp3) is 0.533. The van der Waals surface area contributed by atoms with E-state index in [1.54, 1.807) is 0 Å². The average Bonchev–Trinajstić information content (AvgIpc) is 3.31. The minimum absolute atomic E-state index is 0.141. The van der Waals surface area contributed by atoms with E-state index >= 15 is 0 Å². The van der Waals surface area contributed by atoms with Crippen molar-refractivity contribution in [2.24, 2.45) is 11.8 Å². The summed E-state index contributed by atoms with van der Waals surface area (Å²) in [6.07, 6.45) is 7.45. The first-order valence-electron chi connectivity index (χ1n) is 13.4. The van der Waals surface area contributed by atoms with Crippen molar-refractivity contribution in [3.8, 4) is 11.1 Å². The third-order valence-electron chi connectivity index (χ3n) is 8.57. The second kappa shape index (κ2) is 10.5. The minimum Gasteiger partial charge on any atom is -0.481 e. The Morgan fingerprint density at radius 1 is 0.914 bits per heavy atom. The zero-order valence-corrected chi connectivity index (χ0v) is 20.9. The van der Waals surface area contributed by atoms with Crippen LogP contribution in [0.3, 0.4) is 0 Å². The summed E-state index contributed by atoms with van der Waals surface area (Å²) in [6.45, 7) is 6.08. The van der Waals surface area contributed by atoms with Crippen molar-refractivity contribution in [1.82, 2.24) is 9.80 Å². The highest BCUT2D eigenvalue weighted by molar-refractivity contribution is 5.80. The molecule has 1 N–H and O–H groups in total. The number of amides is 1. The van der Waals surface area contributed by atoms with Gasteiger partial charge in [-0.3, -0.25) is 9.59 Å². The van der Waals surface area contributed by atoms with Crippen LogP contribution in [0.5, 0.6) is 0 Å². The topological polar surface area (TPSA) is 60.9 Å². The fourth-order valence-corrected chi connectivity index (χ4v) is 6.28. The van der Waals surface area contributed by atoms with Crippen molar-refractivity contribution in [2.45, 2.75) is 70.9 Å². The standard InChI is InChI=1S/C30H38N2O3/c1-21-4-3-15-31(21)16-13-22-7-9-23(10-8-22)24-11-12-28-20-32(17-14-25(28)18-24)29(33)26-5-2-6-27(19-26)30(34)35/h7-12,18,21,26-27H,2-6,13-17,19-20H2,1H3,(H,34,35)/t21?,26-,27?/m1/s1. The van der Waals surface area contributed by atoms with Crippen molar-refractivity contribution >= 4 is 11.9 Å². The second-order valence-electron chi connectivity index (χ2n) is 10.9. The second-order valence-corrected chi connectivity index (χ2v) is 10.9. The molecule has 5 rings (SSSR count). The maximum absolute atomic E-state index is 13.1. The Bertz CT molecular complexity index is 1060. The molecule has 186 valence electrons. The SMILES string of the molecule is CC1CCCN1CCc1ccc(-c2ccc3c(c2)CCN(C(=O)[C@@H]2CCCC(C(=O)O)C2)C3)cc1. The van der Waals surface area contributed by atoms with Gasteiger partial charge in [-0.05, 0) is 86.2 Å². The average molecular weight is 475 g/mol. The maximum atomic E-state index is 13.1. The molecule has 2 heterocycles. The Hall–Kier alpha value is -2.66. The van der Waals surface area contributed by atoms with Crippen LogP contribution in [0.25, 0.3) is 11.1 Å². The van der Waals surface area contributed by atoms with E-state index in [0.717, 1.165) is 44.8 Å². The monoisotopic (exact) mass is 474 g/mol. The number of carbonyl (C=O) groups excluding carboxylic acids is 1. The zero-order valence-electron chi connectivity index (χ0n) is 20.9. The lowest BCUT2D eigenvalue weighted by atomic mass is 9.80. The highest BCUT2D eigenvalue weighted by Gasteiger charge is 2.34. The summed E-state index contributed by atoms with van der Waals surface area (Å²) in [6, 6.07) is 16.4. The van der Waals surface area contributed by atoms with Crippen molar-refractivity contribution < 1.29 is 14.7 Å². The normalized spacial score (nSPS) is 24.8. The lowest BCUT2D eigenvalue weighted by Gasteiger charge is -2.34. The number of aliphatic carboxylic acids is 1. The van der Waals surface area contributed by atoms with Gasteiger partial charge in [-0.15, -0.1) is 0 Å². The number of hydrogen-bond donors (Lipinski definition) is 1. The van der Waals surface area contributed by atoms with Crippen molar-refractivity contribution in [2.75, 3.05) is 19.6 Å². The minimum atomic E-state index is -0.756. The summed E-state index contributed by atoms with van der Waals surface area (Å²) in [5.41, 5.74) is 6.42. The Morgan fingerprint density at radius 3 is 2.43 bits per heavy atom. The molecule has 5 heteroatoms. The van der Waals surface area contributed by atoms with Gasteiger partial charge in [0, 0.05) is 31.6 Å². The van der Waals surface area contributed by atoms with E-state index in [1.807, 2.05) is 4.90 Å².